The van der Waals surface area contributed by atoms with Gasteiger partial charge < -0.3 is 15.5 Å². The third kappa shape index (κ3) is 6.23. The molecule has 1 aromatic carbocycles. The Hall–Kier alpha value is -1.55. The molecule has 0 aliphatic heterocycles. The minimum atomic E-state index is -4.87. The summed E-state index contributed by atoms with van der Waals surface area (Å²) in [6.45, 7) is -0.238. The molecular formula is C18H23F6N3S. The van der Waals surface area contributed by atoms with Gasteiger partial charge in [0.25, 0.3) is 0 Å². The average molecular weight is 427 g/mol. The van der Waals surface area contributed by atoms with Crippen molar-refractivity contribution in [2.45, 2.75) is 56.7 Å². The van der Waals surface area contributed by atoms with E-state index in [1.54, 1.807) is 0 Å². The topological polar surface area (TPSA) is 27.3 Å². The quantitative estimate of drug-likeness (QED) is 0.544. The molecule has 1 aromatic rings. The Morgan fingerprint density at radius 3 is 2.04 bits per heavy atom. The Morgan fingerprint density at radius 2 is 1.54 bits per heavy atom. The van der Waals surface area contributed by atoms with Gasteiger partial charge in [0.2, 0.25) is 0 Å². The lowest BCUT2D eigenvalue weighted by Gasteiger charge is -2.37. The Kier molecular flexibility index (Phi) is 7.19. The first-order chi connectivity index (χ1) is 12.9. The minimum absolute atomic E-state index is 0.0796. The number of likely N-dealkylation sites (N-methyl/N-ethyl adjacent to an activating group) is 1. The van der Waals surface area contributed by atoms with Gasteiger partial charge in [-0.15, -0.1) is 0 Å². The predicted octanol–water partition coefficient (Wildman–Crippen LogP) is 4.56. The summed E-state index contributed by atoms with van der Waals surface area (Å²) in [7, 11) is 3.92. The summed E-state index contributed by atoms with van der Waals surface area (Å²) in [6.07, 6.45) is -5.70. The number of halogens is 6. The molecule has 0 aromatic heterocycles. The molecule has 10 heteroatoms. The Labute approximate surface area is 165 Å². The fourth-order valence-electron chi connectivity index (χ4n) is 3.42. The van der Waals surface area contributed by atoms with Crippen LogP contribution in [0.5, 0.6) is 0 Å². The number of hydrogen-bond donors (Lipinski definition) is 2. The highest BCUT2D eigenvalue weighted by Crippen LogP contribution is 2.36. The van der Waals surface area contributed by atoms with E-state index in [2.05, 4.69) is 15.5 Å². The Bertz CT molecular complexity index is 655. The van der Waals surface area contributed by atoms with Crippen LogP contribution in [0.15, 0.2) is 18.2 Å². The average Bonchev–Trinajstić information content (AvgIpc) is 2.58. The first kappa shape index (κ1) is 22.7. The highest BCUT2D eigenvalue weighted by Gasteiger charge is 2.37. The van der Waals surface area contributed by atoms with E-state index in [1.165, 1.54) is 0 Å². The zero-order valence-corrected chi connectivity index (χ0v) is 16.4. The molecule has 0 saturated heterocycles. The maximum Gasteiger partial charge on any atom is 0.416 e. The molecule has 158 valence electrons. The van der Waals surface area contributed by atoms with Gasteiger partial charge in [-0.2, -0.15) is 26.3 Å². The van der Waals surface area contributed by atoms with Gasteiger partial charge in [0.1, 0.15) is 0 Å². The normalized spacial score (nSPS) is 20.9. The number of thiocarbonyl (C=S) groups is 1. The maximum atomic E-state index is 12.9. The van der Waals surface area contributed by atoms with Crippen LogP contribution in [0.1, 0.15) is 42.4 Å². The van der Waals surface area contributed by atoms with Crippen molar-refractivity contribution >= 4 is 17.3 Å². The largest absolute Gasteiger partial charge is 0.416 e. The number of benzene rings is 1. The van der Waals surface area contributed by atoms with Crippen LogP contribution in [0.2, 0.25) is 0 Å². The number of hydrogen-bond acceptors (Lipinski definition) is 2. The van der Waals surface area contributed by atoms with E-state index in [4.69, 9.17) is 12.2 Å². The second-order valence-electron chi connectivity index (χ2n) is 7.16. The summed E-state index contributed by atoms with van der Waals surface area (Å²) in [5.41, 5.74) is -2.81. The second-order valence-corrected chi connectivity index (χ2v) is 7.57. The molecule has 1 aliphatic rings. The van der Waals surface area contributed by atoms with E-state index in [0.29, 0.717) is 12.1 Å². The van der Waals surface area contributed by atoms with Crippen molar-refractivity contribution in [2.24, 2.45) is 0 Å². The fraction of sp³-hybridized carbons (Fsp3) is 0.611. The lowest BCUT2D eigenvalue weighted by molar-refractivity contribution is -0.143. The summed E-state index contributed by atoms with van der Waals surface area (Å²) < 4.78 is 77.6. The van der Waals surface area contributed by atoms with E-state index in [1.807, 2.05) is 14.1 Å². The zero-order valence-electron chi connectivity index (χ0n) is 15.5. The molecule has 0 spiro atoms. The van der Waals surface area contributed by atoms with Gasteiger partial charge in [0.15, 0.2) is 5.11 Å². The lowest BCUT2D eigenvalue weighted by Crippen LogP contribution is -2.53. The fourth-order valence-corrected chi connectivity index (χ4v) is 3.64. The van der Waals surface area contributed by atoms with Crippen molar-refractivity contribution in [3.05, 3.63) is 34.9 Å². The molecule has 2 N–H and O–H groups in total. The van der Waals surface area contributed by atoms with Gasteiger partial charge in [-0.3, -0.25) is 0 Å². The molecule has 0 heterocycles. The molecule has 0 amide bonds. The molecule has 0 unspecified atom stereocenters. The molecule has 0 radical (unpaired) electrons. The van der Waals surface area contributed by atoms with E-state index in [-0.39, 0.29) is 35.4 Å². The van der Waals surface area contributed by atoms with Crippen LogP contribution in [0.25, 0.3) is 0 Å². The monoisotopic (exact) mass is 427 g/mol. The van der Waals surface area contributed by atoms with Crippen molar-refractivity contribution in [1.29, 1.82) is 0 Å². The molecule has 2 rings (SSSR count). The Balaban J connectivity index is 2.07. The molecule has 0 bridgehead atoms. The highest BCUT2D eigenvalue weighted by molar-refractivity contribution is 7.80. The second kappa shape index (κ2) is 8.86. The van der Waals surface area contributed by atoms with E-state index in [0.717, 1.165) is 25.7 Å². The van der Waals surface area contributed by atoms with Gasteiger partial charge in [0.05, 0.1) is 11.1 Å². The van der Waals surface area contributed by atoms with Gasteiger partial charge in [-0.05, 0) is 62.9 Å². The van der Waals surface area contributed by atoms with Gasteiger partial charge in [0, 0.05) is 18.6 Å². The molecule has 3 nitrogen and oxygen atoms in total. The number of rotatable bonds is 4. The first-order valence-electron chi connectivity index (χ1n) is 8.87. The molecule has 1 saturated carbocycles. The van der Waals surface area contributed by atoms with Crippen LogP contribution in [-0.2, 0) is 18.9 Å². The van der Waals surface area contributed by atoms with Crippen LogP contribution >= 0.6 is 12.2 Å². The molecule has 1 aliphatic carbocycles. The van der Waals surface area contributed by atoms with E-state index < -0.39 is 23.5 Å². The standard InChI is InChI=1S/C18H23F6N3S/c1-27(2)15-6-4-3-5-14(15)26-16(28)25-10-11-7-12(17(19,20)21)9-13(8-11)18(22,23)24/h7-9,14-15H,3-6,10H2,1-2H3,(H2,25,26,28)/t14-,15-/m0/s1. The smallest absolute Gasteiger partial charge is 0.359 e. The summed E-state index contributed by atoms with van der Waals surface area (Å²) in [5.74, 6) is 0. The van der Waals surface area contributed by atoms with Gasteiger partial charge >= 0.3 is 12.4 Å². The van der Waals surface area contributed by atoms with Crippen LogP contribution in [0.3, 0.4) is 0 Å². The first-order valence-corrected chi connectivity index (χ1v) is 9.28. The Morgan fingerprint density at radius 1 is 1.00 bits per heavy atom. The van der Waals surface area contributed by atoms with Crippen molar-refractivity contribution in [1.82, 2.24) is 15.5 Å². The third-order valence-electron chi connectivity index (χ3n) is 4.81. The third-order valence-corrected chi connectivity index (χ3v) is 5.07. The summed E-state index contributed by atoms with van der Waals surface area (Å²) in [4.78, 5) is 2.09. The van der Waals surface area contributed by atoms with Crippen molar-refractivity contribution in [2.75, 3.05) is 14.1 Å². The van der Waals surface area contributed by atoms with Crippen LogP contribution < -0.4 is 10.6 Å². The number of nitrogens with zero attached hydrogens (tertiary/aromatic N) is 1. The van der Waals surface area contributed by atoms with Gasteiger partial charge in [-0.1, -0.05) is 12.8 Å². The van der Waals surface area contributed by atoms with Crippen LogP contribution in [0, 0.1) is 0 Å². The van der Waals surface area contributed by atoms with Crippen molar-refractivity contribution in [3.63, 3.8) is 0 Å². The molecule has 2 atom stereocenters. The minimum Gasteiger partial charge on any atom is -0.359 e. The number of nitrogens with one attached hydrogen (secondary N) is 2. The van der Waals surface area contributed by atoms with Crippen LogP contribution in [0.4, 0.5) is 26.3 Å². The van der Waals surface area contributed by atoms with Crippen molar-refractivity contribution < 1.29 is 26.3 Å². The molecule has 1 fully saturated rings. The van der Waals surface area contributed by atoms with Crippen molar-refractivity contribution in [3.8, 4) is 0 Å². The van der Waals surface area contributed by atoms with E-state index in [9.17, 15) is 26.3 Å². The summed E-state index contributed by atoms with van der Waals surface area (Å²) >= 11 is 5.20. The predicted molar refractivity (Wildman–Crippen MR) is 98.8 cm³/mol. The molecule has 28 heavy (non-hydrogen) atoms. The van der Waals surface area contributed by atoms with Gasteiger partial charge in [-0.25, -0.2) is 0 Å². The molecular weight excluding hydrogens is 404 g/mol. The lowest BCUT2D eigenvalue weighted by atomic mass is 9.90. The maximum absolute atomic E-state index is 12.9. The van der Waals surface area contributed by atoms with E-state index >= 15 is 0 Å². The summed E-state index contributed by atoms with van der Waals surface area (Å²) in [6, 6.07) is 1.86. The highest BCUT2D eigenvalue weighted by atomic mass is 32.1. The van der Waals surface area contributed by atoms with Crippen LogP contribution in [-0.4, -0.2) is 36.2 Å². The zero-order chi connectivity index (χ0) is 21.1. The SMILES string of the molecule is CN(C)[C@H]1CCCC[C@@H]1NC(=S)NCc1cc(C(F)(F)F)cc(C(F)(F)F)c1. The number of alkyl halides is 6. The summed E-state index contributed by atoms with van der Waals surface area (Å²) in [5, 5.41) is 6.09.